The fourth-order valence-corrected chi connectivity index (χ4v) is 5.52. The van der Waals surface area contributed by atoms with Gasteiger partial charge < -0.3 is 15.2 Å². The number of carbonyl (C=O) groups is 1. The summed E-state index contributed by atoms with van der Waals surface area (Å²) >= 11 is -1.17. The molecule has 1 aliphatic heterocycles. The van der Waals surface area contributed by atoms with Crippen molar-refractivity contribution < 1.29 is 9.35 Å². The molecular formula is C25H28N8O2S. The zero-order chi connectivity index (χ0) is 24.5. The van der Waals surface area contributed by atoms with Gasteiger partial charge in [0.1, 0.15) is 22.3 Å². The van der Waals surface area contributed by atoms with E-state index in [4.69, 9.17) is 4.98 Å². The van der Waals surface area contributed by atoms with Gasteiger partial charge in [0.25, 0.3) is 0 Å². The third-order valence-corrected chi connectivity index (χ3v) is 8.44. The van der Waals surface area contributed by atoms with Crippen molar-refractivity contribution in [2.45, 2.75) is 55.1 Å². The zero-order valence-corrected chi connectivity index (χ0v) is 20.6. The van der Waals surface area contributed by atoms with Crippen molar-refractivity contribution in [3.8, 4) is 11.3 Å². The minimum atomic E-state index is -1.17. The molecule has 1 unspecified atom stereocenters. The topological polar surface area (TPSA) is 141 Å². The highest BCUT2D eigenvalue weighted by atomic mass is 32.2. The normalized spacial score (nSPS) is 19.9. The van der Waals surface area contributed by atoms with Crippen LogP contribution >= 0.6 is 0 Å². The van der Waals surface area contributed by atoms with Crippen LogP contribution in [0.1, 0.15) is 56.0 Å². The molecule has 3 aromatic rings. The molecule has 1 amide bonds. The number of anilines is 2. The Balaban J connectivity index is 1.21. The number of piperidine rings is 1. The number of hydrogen-bond acceptors (Lipinski definition) is 9. The largest absolute Gasteiger partial charge is 0.593 e. The molecule has 2 aliphatic carbocycles. The average Bonchev–Trinajstić information content (AvgIpc) is 3.83. The van der Waals surface area contributed by atoms with Crippen LogP contribution < -0.4 is 15.4 Å². The monoisotopic (exact) mass is 504 g/mol. The summed E-state index contributed by atoms with van der Waals surface area (Å²) in [6.07, 6.45) is 12.2. The molecule has 4 heterocycles. The van der Waals surface area contributed by atoms with E-state index < -0.39 is 16.8 Å². The second kappa shape index (κ2) is 9.72. The molecule has 0 aromatic carbocycles. The number of pyridine rings is 1. The van der Waals surface area contributed by atoms with Crippen LogP contribution in [-0.2, 0) is 21.6 Å². The first-order chi connectivity index (χ1) is 17.6. The van der Waals surface area contributed by atoms with Gasteiger partial charge in [0.05, 0.1) is 28.9 Å². The van der Waals surface area contributed by atoms with Crippen molar-refractivity contribution in [1.29, 1.82) is 0 Å². The Labute approximate surface area is 212 Å². The second-order valence-corrected chi connectivity index (χ2v) is 11.2. The van der Waals surface area contributed by atoms with Crippen LogP contribution in [0.5, 0.6) is 0 Å². The van der Waals surface area contributed by atoms with Crippen LogP contribution in [0.3, 0.4) is 0 Å². The summed E-state index contributed by atoms with van der Waals surface area (Å²) in [5.74, 6) is 1.70. The molecule has 0 bridgehead atoms. The van der Waals surface area contributed by atoms with E-state index in [2.05, 4.69) is 35.3 Å². The summed E-state index contributed by atoms with van der Waals surface area (Å²) in [5.41, 5.74) is 1.75. The minimum absolute atomic E-state index is 0.177. The highest BCUT2D eigenvalue weighted by Crippen LogP contribution is 2.39. The molecule has 1 saturated heterocycles. The van der Waals surface area contributed by atoms with E-state index in [0.29, 0.717) is 49.3 Å². The molecular weight excluding hydrogens is 476 g/mol. The van der Waals surface area contributed by atoms with Crippen molar-refractivity contribution in [3.63, 3.8) is 0 Å². The lowest BCUT2D eigenvalue weighted by atomic mass is 9.77. The predicted molar refractivity (Wildman–Crippen MR) is 136 cm³/mol. The third-order valence-electron chi connectivity index (χ3n) is 6.96. The summed E-state index contributed by atoms with van der Waals surface area (Å²) in [5, 5.41) is 6.47. The van der Waals surface area contributed by atoms with Crippen LogP contribution in [0.2, 0.25) is 0 Å². The lowest BCUT2D eigenvalue weighted by molar-refractivity contribution is -0.122. The van der Waals surface area contributed by atoms with Gasteiger partial charge in [-0.3, -0.25) is 9.78 Å². The number of nitrogens with one attached hydrogen (secondary N) is 3. The number of amides is 1. The van der Waals surface area contributed by atoms with E-state index in [-0.39, 0.29) is 11.2 Å². The van der Waals surface area contributed by atoms with Gasteiger partial charge in [-0.15, -0.1) is 0 Å². The molecule has 6 rings (SSSR count). The third kappa shape index (κ3) is 4.91. The number of aromatic nitrogens is 5. The molecule has 0 spiro atoms. The zero-order valence-electron chi connectivity index (χ0n) is 19.8. The van der Waals surface area contributed by atoms with E-state index in [1.165, 1.54) is 12.8 Å². The number of nitrogens with zero attached hydrogens (tertiary/aromatic N) is 5. The first-order valence-corrected chi connectivity index (χ1v) is 13.6. The number of hydrogen-bond donors (Lipinski definition) is 3. The van der Waals surface area contributed by atoms with Crippen LogP contribution in [0.25, 0.3) is 11.3 Å². The highest BCUT2D eigenvalue weighted by molar-refractivity contribution is 7.93. The quantitative estimate of drug-likeness (QED) is 0.395. The maximum absolute atomic E-state index is 13.7. The standard InChI is InChI=1S/C25H28N8O2S/c34-24(32-21-6-3-17(13-29-21)20-15-27-14-19(30-20)16-1-2-16)25(8-11-26-12-9-25)23-28-10-7-22(31-23)33-36(35)18-4-5-18/h3,6-7,10,13-16,18,26H,1-2,4-5,8-9,11-12H2,(H,28,31,33)(H,29,32,34). The molecule has 3 N–H and O–H groups in total. The van der Waals surface area contributed by atoms with Crippen LogP contribution in [0.4, 0.5) is 11.6 Å². The van der Waals surface area contributed by atoms with Crippen LogP contribution in [0.15, 0.2) is 43.0 Å². The lowest BCUT2D eigenvalue weighted by Gasteiger charge is -2.34. The van der Waals surface area contributed by atoms with Crippen molar-refractivity contribution >= 4 is 28.9 Å². The van der Waals surface area contributed by atoms with Gasteiger partial charge in [0, 0.05) is 49.0 Å². The Kier molecular flexibility index (Phi) is 6.28. The van der Waals surface area contributed by atoms with E-state index in [1.54, 1.807) is 30.7 Å². The molecule has 3 fully saturated rings. The molecule has 0 radical (unpaired) electrons. The molecule has 11 heteroatoms. The SMILES string of the molecule is O=C(Nc1ccc(-c2cncc(C3CC3)n2)cn1)C1(c2nccc(N[S+]([O-])C3CC3)n2)CCNCC1. The van der Waals surface area contributed by atoms with Gasteiger partial charge in [-0.1, -0.05) is 0 Å². The second-order valence-electron chi connectivity index (χ2n) is 9.69. The Hall–Kier alpha value is -3.15. The molecule has 10 nitrogen and oxygen atoms in total. The van der Waals surface area contributed by atoms with Gasteiger partial charge in [0.15, 0.2) is 5.82 Å². The van der Waals surface area contributed by atoms with Gasteiger partial charge in [-0.25, -0.2) is 19.9 Å². The minimum Gasteiger partial charge on any atom is -0.593 e. The summed E-state index contributed by atoms with van der Waals surface area (Å²) < 4.78 is 15.3. The smallest absolute Gasteiger partial charge is 0.239 e. The summed E-state index contributed by atoms with van der Waals surface area (Å²) in [6, 6.07) is 5.37. The Morgan fingerprint density at radius 1 is 1.00 bits per heavy atom. The van der Waals surface area contributed by atoms with E-state index in [1.807, 2.05) is 12.3 Å². The maximum Gasteiger partial charge on any atom is 0.239 e. The lowest BCUT2D eigenvalue weighted by Crippen LogP contribution is -2.49. The van der Waals surface area contributed by atoms with Crippen LogP contribution in [0, 0.1) is 0 Å². The van der Waals surface area contributed by atoms with Gasteiger partial charge in [0.2, 0.25) is 5.91 Å². The first-order valence-electron chi connectivity index (χ1n) is 12.4. The summed E-state index contributed by atoms with van der Waals surface area (Å²) in [6.45, 7) is 1.34. The van der Waals surface area contributed by atoms with Crippen LogP contribution in [-0.4, -0.2) is 53.7 Å². The van der Waals surface area contributed by atoms with Crippen molar-refractivity contribution in [2.75, 3.05) is 23.1 Å². The van der Waals surface area contributed by atoms with E-state index in [9.17, 15) is 9.35 Å². The number of rotatable bonds is 8. The average molecular weight is 505 g/mol. The summed E-state index contributed by atoms with van der Waals surface area (Å²) in [4.78, 5) is 36.3. The van der Waals surface area contributed by atoms with Crippen molar-refractivity contribution in [3.05, 3.63) is 54.5 Å². The molecule has 36 heavy (non-hydrogen) atoms. The molecule has 2 saturated carbocycles. The fourth-order valence-electron chi connectivity index (χ4n) is 4.47. The van der Waals surface area contributed by atoms with Gasteiger partial charge in [-0.2, -0.15) is 4.72 Å². The Bertz CT molecular complexity index is 1240. The highest BCUT2D eigenvalue weighted by Gasteiger charge is 2.44. The van der Waals surface area contributed by atoms with E-state index >= 15 is 0 Å². The maximum atomic E-state index is 13.7. The molecule has 1 atom stereocenters. The molecule has 186 valence electrons. The van der Waals surface area contributed by atoms with E-state index in [0.717, 1.165) is 29.8 Å². The first kappa shape index (κ1) is 23.3. The van der Waals surface area contributed by atoms with Crippen molar-refractivity contribution in [2.24, 2.45) is 0 Å². The fraction of sp³-hybridized carbons (Fsp3) is 0.440. The molecule has 3 aromatic heterocycles. The summed E-state index contributed by atoms with van der Waals surface area (Å²) in [7, 11) is 0. The van der Waals surface area contributed by atoms with Crippen molar-refractivity contribution in [1.82, 2.24) is 30.2 Å². The van der Waals surface area contributed by atoms with Gasteiger partial charge in [-0.05, 0) is 50.9 Å². The predicted octanol–water partition coefficient (Wildman–Crippen LogP) is 2.70. The Morgan fingerprint density at radius 3 is 2.56 bits per heavy atom. The number of carbonyl (C=O) groups excluding carboxylic acids is 1. The van der Waals surface area contributed by atoms with Gasteiger partial charge >= 0.3 is 0 Å². The molecule has 3 aliphatic rings. The Morgan fingerprint density at radius 2 is 1.83 bits per heavy atom.